The molecule has 0 N–H and O–H groups in total. The summed E-state index contributed by atoms with van der Waals surface area (Å²) in [5.41, 5.74) is 0.349. The molecular formula is C19H24ClNO4. The smallest absolute Gasteiger partial charge is 0.411 e. The van der Waals surface area contributed by atoms with Gasteiger partial charge in [-0.2, -0.15) is 0 Å². The number of nitrogens with zero attached hydrogens (tertiary/aromatic N) is 1. The molecule has 136 valence electrons. The van der Waals surface area contributed by atoms with Gasteiger partial charge >= 0.3 is 12.1 Å². The number of methoxy groups -OCH3 is 1. The van der Waals surface area contributed by atoms with Gasteiger partial charge in [-0.3, -0.25) is 4.90 Å². The lowest BCUT2D eigenvalue weighted by Crippen LogP contribution is -2.40. The molecule has 1 amide bonds. The molecule has 1 aliphatic rings. The molecule has 0 aromatic heterocycles. The zero-order valence-electron chi connectivity index (χ0n) is 15.0. The van der Waals surface area contributed by atoms with Crippen molar-refractivity contribution in [3.63, 3.8) is 0 Å². The summed E-state index contributed by atoms with van der Waals surface area (Å²) in [7, 11) is 1.32. The van der Waals surface area contributed by atoms with Gasteiger partial charge in [0.1, 0.15) is 5.60 Å². The summed E-state index contributed by atoms with van der Waals surface area (Å²) in [6.07, 6.45) is 4.12. The van der Waals surface area contributed by atoms with E-state index in [9.17, 15) is 9.59 Å². The van der Waals surface area contributed by atoms with E-state index in [0.29, 0.717) is 5.02 Å². The fourth-order valence-electron chi connectivity index (χ4n) is 2.90. The highest BCUT2D eigenvalue weighted by atomic mass is 35.5. The van der Waals surface area contributed by atoms with Crippen LogP contribution in [0.25, 0.3) is 0 Å². The quantitative estimate of drug-likeness (QED) is 0.584. The number of halogens is 1. The molecule has 1 fully saturated rings. The Balaban J connectivity index is 2.31. The second-order valence-electron chi connectivity index (χ2n) is 6.99. The minimum absolute atomic E-state index is 0.152. The zero-order valence-corrected chi connectivity index (χ0v) is 15.7. The van der Waals surface area contributed by atoms with Crippen molar-refractivity contribution >= 4 is 23.7 Å². The molecule has 2 rings (SSSR count). The van der Waals surface area contributed by atoms with E-state index in [2.05, 4.69) is 4.74 Å². The average Bonchev–Trinajstić information content (AvgIpc) is 2.95. The maximum absolute atomic E-state index is 12.8. The van der Waals surface area contributed by atoms with Crippen LogP contribution in [0.5, 0.6) is 0 Å². The second-order valence-corrected chi connectivity index (χ2v) is 7.42. The summed E-state index contributed by atoms with van der Waals surface area (Å²) in [6, 6.07) is 7.07. The first kappa shape index (κ1) is 19.3. The van der Waals surface area contributed by atoms with Crippen LogP contribution in [-0.2, 0) is 14.3 Å². The molecule has 6 heteroatoms. The predicted octanol–water partition coefficient (Wildman–Crippen LogP) is 4.51. The molecule has 1 aliphatic heterocycles. The maximum atomic E-state index is 12.8. The van der Waals surface area contributed by atoms with Gasteiger partial charge in [-0.1, -0.05) is 29.8 Å². The van der Waals surface area contributed by atoms with E-state index < -0.39 is 17.7 Å². The molecule has 0 saturated carbocycles. The number of hydrogen-bond donors (Lipinski definition) is 0. The van der Waals surface area contributed by atoms with Gasteiger partial charge in [0.05, 0.1) is 19.2 Å². The molecule has 5 nitrogen and oxygen atoms in total. The first-order chi connectivity index (χ1) is 11.7. The van der Waals surface area contributed by atoms with Crippen molar-refractivity contribution < 1.29 is 19.1 Å². The van der Waals surface area contributed by atoms with Gasteiger partial charge in [-0.25, -0.2) is 9.59 Å². The number of hydrogen-bond acceptors (Lipinski definition) is 4. The number of ether oxygens (including phenoxy) is 2. The van der Waals surface area contributed by atoms with E-state index in [1.165, 1.54) is 13.2 Å². The molecule has 0 spiro atoms. The summed E-state index contributed by atoms with van der Waals surface area (Å²) < 4.78 is 10.2. The van der Waals surface area contributed by atoms with E-state index in [1.807, 2.05) is 39.0 Å². The molecule has 1 heterocycles. The summed E-state index contributed by atoms with van der Waals surface area (Å²) in [4.78, 5) is 25.9. The van der Waals surface area contributed by atoms with Crippen LogP contribution < -0.4 is 0 Å². The minimum atomic E-state index is -0.602. The topological polar surface area (TPSA) is 55.8 Å². The van der Waals surface area contributed by atoms with E-state index in [0.717, 1.165) is 18.4 Å². The second kappa shape index (κ2) is 7.91. The van der Waals surface area contributed by atoms with E-state index in [-0.39, 0.29) is 12.1 Å². The number of carbonyl (C=O) groups excluding carboxylic acids is 2. The van der Waals surface area contributed by atoms with Gasteiger partial charge < -0.3 is 9.47 Å². The van der Waals surface area contributed by atoms with Gasteiger partial charge in [-0.05, 0) is 51.3 Å². The van der Waals surface area contributed by atoms with Crippen LogP contribution in [-0.4, -0.2) is 35.7 Å². The molecule has 2 atom stereocenters. The van der Waals surface area contributed by atoms with Crippen molar-refractivity contribution in [3.8, 4) is 0 Å². The number of esters is 1. The van der Waals surface area contributed by atoms with Gasteiger partial charge in [-0.15, -0.1) is 0 Å². The SMILES string of the molecule is COC(=O)C=C[C@H]1CC[C@@H](c2cccc(Cl)c2)N1C(=O)OC(C)(C)C. The highest BCUT2D eigenvalue weighted by molar-refractivity contribution is 6.30. The number of likely N-dealkylation sites (tertiary alicyclic amines) is 1. The van der Waals surface area contributed by atoms with E-state index in [1.54, 1.807) is 17.0 Å². The van der Waals surface area contributed by atoms with Crippen molar-refractivity contribution in [3.05, 3.63) is 47.0 Å². The van der Waals surface area contributed by atoms with Gasteiger partial charge in [0.15, 0.2) is 0 Å². The lowest BCUT2D eigenvalue weighted by molar-refractivity contribution is -0.134. The Bertz CT molecular complexity index is 666. The van der Waals surface area contributed by atoms with Crippen molar-refractivity contribution in [2.24, 2.45) is 0 Å². The monoisotopic (exact) mass is 365 g/mol. The lowest BCUT2D eigenvalue weighted by atomic mass is 10.0. The zero-order chi connectivity index (χ0) is 18.6. The minimum Gasteiger partial charge on any atom is -0.466 e. The Labute approximate surface area is 153 Å². The maximum Gasteiger partial charge on any atom is 0.411 e. The van der Waals surface area contributed by atoms with Gasteiger partial charge in [0.2, 0.25) is 0 Å². The molecule has 1 aromatic rings. The van der Waals surface area contributed by atoms with Gasteiger partial charge in [0.25, 0.3) is 0 Å². The van der Waals surface area contributed by atoms with Crippen LogP contribution >= 0.6 is 11.6 Å². The number of amides is 1. The van der Waals surface area contributed by atoms with Crippen molar-refractivity contribution in [1.82, 2.24) is 4.90 Å². The first-order valence-corrected chi connectivity index (χ1v) is 8.62. The van der Waals surface area contributed by atoms with Crippen LogP contribution in [0.4, 0.5) is 4.79 Å². The third-order valence-corrected chi connectivity index (χ3v) is 4.16. The van der Waals surface area contributed by atoms with Crippen LogP contribution in [0, 0.1) is 0 Å². The average molecular weight is 366 g/mol. The van der Waals surface area contributed by atoms with Crippen LogP contribution in [0.15, 0.2) is 36.4 Å². The van der Waals surface area contributed by atoms with Gasteiger partial charge in [0, 0.05) is 11.1 Å². The van der Waals surface area contributed by atoms with Crippen molar-refractivity contribution in [1.29, 1.82) is 0 Å². The third kappa shape index (κ3) is 5.23. The van der Waals surface area contributed by atoms with Crippen LogP contribution in [0.1, 0.15) is 45.2 Å². The highest BCUT2D eigenvalue weighted by Gasteiger charge is 2.39. The number of benzene rings is 1. The highest BCUT2D eigenvalue weighted by Crippen LogP contribution is 2.38. The Morgan fingerprint density at radius 1 is 1.28 bits per heavy atom. The first-order valence-electron chi connectivity index (χ1n) is 8.24. The molecule has 0 radical (unpaired) electrons. The molecular weight excluding hydrogens is 342 g/mol. The lowest BCUT2D eigenvalue weighted by Gasteiger charge is -2.32. The predicted molar refractivity (Wildman–Crippen MR) is 96.4 cm³/mol. The summed E-state index contributed by atoms with van der Waals surface area (Å²) >= 11 is 6.11. The summed E-state index contributed by atoms with van der Waals surface area (Å²) in [6.45, 7) is 5.48. The molecule has 0 bridgehead atoms. The van der Waals surface area contributed by atoms with Crippen LogP contribution in [0.2, 0.25) is 5.02 Å². The fourth-order valence-corrected chi connectivity index (χ4v) is 3.10. The Morgan fingerprint density at radius 2 is 2.00 bits per heavy atom. The van der Waals surface area contributed by atoms with Crippen molar-refractivity contribution in [2.75, 3.05) is 7.11 Å². The molecule has 0 aliphatic carbocycles. The number of carbonyl (C=O) groups is 2. The molecule has 25 heavy (non-hydrogen) atoms. The molecule has 1 saturated heterocycles. The fraction of sp³-hybridized carbons (Fsp3) is 0.474. The standard InChI is InChI=1S/C19H24ClNO4/c1-19(2,3)25-18(23)21-15(9-11-17(22)24-4)8-10-16(21)13-6-5-7-14(20)12-13/h5-7,9,11-12,15-16H,8,10H2,1-4H3/t15-,16+/m1/s1. The summed E-state index contributed by atoms with van der Waals surface area (Å²) in [5, 5.41) is 0.621. The van der Waals surface area contributed by atoms with Crippen molar-refractivity contribution in [2.45, 2.75) is 51.3 Å². The third-order valence-electron chi connectivity index (χ3n) is 3.92. The largest absolute Gasteiger partial charge is 0.466 e. The molecule has 0 unspecified atom stereocenters. The van der Waals surface area contributed by atoms with Crippen LogP contribution in [0.3, 0.4) is 0 Å². The normalized spacial score (nSPS) is 20.8. The summed E-state index contributed by atoms with van der Waals surface area (Å²) in [5.74, 6) is -0.449. The Kier molecular flexibility index (Phi) is 6.11. The van der Waals surface area contributed by atoms with E-state index in [4.69, 9.17) is 16.3 Å². The molecule has 1 aromatic carbocycles. The van der Waals surface area contributed by atoms with E-state index >= 15 is 0 Å². The number of rotatable bonds is 3. The Morgan fingerprint density at radius 3 is 2.60 bits per heavy atom. The Hall–Kier alpha value is -2.01.